The third-order valence-corrected chi connectivity index (χ3v) is 3.48. The molecule has 1 aromatic rings. The first-order valence-electron chi connectivity index (χ1n) is 7.05. The van der Waals surface area contributed by atoms with Crippen molar-refractivity contribution < 1.29 is 14.6 Å². The van der Waals surface area contributed by atoms with Crippen molar-refractivity contribution in [1.82, 2.24) is 5.43 Å². The Kier molecular flexibility index (Phi) is 5.39. The molecule has 1 aromatic carbocycles. The van der Waals surface area contributed by atoms with E-state index in [4.69, 9.17) is 0 Å². The predicted octanol–water partition coefficient (Wildman–Crippen LogP) is 0.114. The monoisotopic (exact) mass is 291 g/mol. The average molecular weight is 291 g/mol. The smallest absolute Gasteiger partial charge is 0.295 e. The molecule has 1 fully saturated rings. The highest BCUT2D eigenvalue weighted by molar-refractivity contribution is 5.82. The number of hydrogen-bond acceptors (Lipinski definition) is 4. The molecule has 1 aliphatic rings. The molecule has 1 amide bonds. The molecule has 0 unspecified atom stereocenters. The Morgan fingerprint density at radius 3 is 2.57 bits per heavy atom. The van der Waals surface area contributed by atoms with Crippen molar-refractivity contribution in [2.45, 2.75) is 19.3 Å². The topological polar surface area (TPSA) is 89.0 Å². The first-order valence-corrected chi connectivity index (χ1v) is 7.05. The molecule has 2 N–H and O–H groups in total. The van der Waals surface area contributed by atoms with Gasteiger partial charge < -0.3 is 4.90 Å². The molecule has 0 bridgehead atoms. The molecule has 1 heterocycles. The van der Waals surface area contributed by atoms with Gasteiger partial charge in [0.2, 0.25) is 0 Å². The van der Waals surface area contributed by atoms with Crippen LogP contribution in [-0.2, 0) is 4.79 Å². The van der Waals surface area contributed by atoms with Crippen LogP contribution in [0.5, 0.6) is 0 Å². The van der Waals surface area contributed by atoms with Gasteiger partial charge in [-0.2, -0.15) is 5.10 Å². The SMILES string of the molecule is O=C(C[NH+]1CCCCC1)NN=Cc1ccc([N+](=O)[O-])cc1. The van der Waals surface area contributed by atoms with Gasteiger partial charge in [-0.25, -0.2) is 5.43 Å². The number of nitrogens with one attached hydrogen (secondary N) is 2. The zero-order valence-corrected chi connectivity index (χ0v) is 11.7. The largest absolute Gasteiger partial charge is 0.327 e. The summed E-state index contributed by atoms with van der Waals surface area (Å²) in [5.41, 5.74) is 3.22. The van der Waals surface area contributed by atoms with Gasteiger partial charge in [0.05, 0.1) is 24.2 Å². The Hall–Kier alpha value is -2.28. The number of hydrogen-bond donors (Lipinski definition) is 2. The van der Waals surface area contributed by atoms with Crippen LogP contribution in [0.15, 0.2) is 29.4 Å². The van der Waals surface area contributed by atoms with Gasteiger partial charge in [0.1, 0.15) is 0 Å². The Balaban J connectivity index is 1.78. The molecule has 0 atom stereocenters. The maximum atomic E-state index is 11.7. The van der Waals surface area contributed by atoms with Crippen LogP contribution < -0.4 is 10.3 Å². The minimum atomic E-state index is -0.454. The van der Waals surface area contributed by atoms with Crippen molar-refractivity contribution in [2.75, 3.05) is 19.6 Å². The fourth-order valence-corrected chi connectivity index (χ4v) is 2.36. The summed E-state index contributed by atoms with van der Waals surface area (Å²) in [4.78, 5) is 23.1. The second-order valence-electron chi connectivity index (χ2n) is 5.13. The third kappa shape index (κ3) is 4.96. The number of hydrazone groups is 1. The molecular formula is C14H19N4O3+. The number of nitrogens with zero attached hydrogens (tertiary/aromatic N) is 2. The zero-order valence-electron chi connectivity index (χ0n) is 11.7. The number of likely N-dealkylation sites (tertiary alicyclic amines) is 1. The quantitative estimate of drug-likeness (QED) is 0.458. The van der Waals surface area contributed by atoms with Gasteiger partial charge in [-0.3, -0.25) is 14.9 Å². The number of rotatable bonds is 5. The summed E-state index contributed by atoms with van der Waals surface area (Å²) in [7, 11) is 0. The van der Waals surface area contributed by atoms with Crippen molar-refractivity contribution >= 4 is 17.8 Å². The number of benzene rings is 1. The van der Waals surface area contributed by atoms with Crippen LogP contribution in [0.1, 0.15) is 24.8 Å². The number of carbonyl (C=O) groups is 1. The fourth-order valence-electron chi connectivity index (χ4n) is 2.36. The van der Waals surface area contributed by atoms with Gasteiger partial charge in [0.15, 0.2) is 6.54 Å². The number of piperidine rings is 1. The van der Waals surface area contributed by atoms with E-state index in [2.05, 4.69) is 10.5 Å². The second kappa shape index (κ2) is 7.49. The van der Waals surface area contributed by atoms with Gasteiger partial charge in [-0.05, 0) is 37.0 Å². The highest BCUT2D eigenvalue weighted by Crippen LogP contribution is 2.10. The lowest BCUT2D eigenvalue weighted by molar-refractivity contribution is -0.896. The van der Waals surface area contributed by atoms with Crippen LogP contribution in [-0.4, -0.2) is 36.7 Å². The van der Waals surface area contributed by atoms with E-state index >= 15 is 0 Å². The highest BCUT2D eigenvalue weighted by Gasteiger charge is 2.16. The van der Waals surface area contributed by atoms with E-state index in [1.165, 1.54) is 42.5 Å². The number of quaternary nitrogens is 1. The average Bonchev–Trinajstić information content (AvgIpc) is 2.49. The third-order valence-electron chi connectivity index (χ3n) is 3.48. The summed E-state index contributed by atoms with van der Waals surface area (Å²) in [6, 6.07) is 5.98. The van der Waals surface area contributed by atoms with E-state index in [-0.39, 0.29) is 11.6 Å². The maximum Gasteiger partial charge on any atom is 0.295 e. The van der Waals surface area contributed by atoms with Crippen molar-refractivity contribution in [2.24, 2.45) is 5.10 Å². The molecule has 7 nitrogen and oxygen atoms in total. The Morgan fingerprint density at radius 1 is 1.29 bits per heavy atom. The van der Waals surface area contributed by atoms with E-state index in [1.54, 1.807) is 12.1 Å². The van der Waals surface area contributed by atoms with Crippen LogP contribution >= 0.6 is 0 Å². The summed E-state index contributed by atoms with van der Waals surface area (Å²) in [6.45, 7) is 2.52. The van der Waals surface area contributed by atoms with Gasteiger partial charge in [-0.15, -0.1) is 0 Å². The summed E-state index contributed by atoms with van der Waals surface area (Å²) in [6.07, 6.45) is 5.08. The molecule has 1 aliphatic heterocycles. The van der Waals surface area contributed by atoms with E-state index in [0.29, 0.717) is 12.1 Å². The van der Waals surface area contributed by atoms with Crippen LogP contribution in [0.25, 0.3) is 0 Å². The molecule has 0 radical (unpaired) electrons. The number of nitro groups is 1. The van der Waals surface area contributed by atoms with E-state index in [1.807, 2.05) is 0 Å². The number of nitro benzene ring substituents is 1. The normalized spacial score (nSPS) is 16.0. The van der Waals surface area contributed by atoms with Gasteiger partial charge >= 0.3 is 0 Å². The van der Waals surface area contributed by atoms with Crippen molar-refractivity contribution in [3.63, 3.8) is 0 Å². The molecule has 0 saturated carbocycles. The standard InChI is InChI=1S/C14H18N4O3/c19-14(11-17-8-2-1-3-9-17)16-15-10-12-4-6-13(7-5-12)18(20)21/h4-7,10H,1-3,8-9,11H2,(H,16,19)/p+1. The first-order chi connectivity index (χ1) is 10.1. The molecule has 0 aliphatic carbocycles. The second-order valence-corrected chi connectivity index (χ2v) is 5.13. The Bertz CT molecular complexity index is 522. The molecule has 2 rings (SSSR count). The lowest BCUT2D eigenvalue weighted by Gasteiger charge is -2.22. The lowest BCUT2D eigenvalue weighted by atomic mass is 10.1. The molecule has 1 saturated heterocycles. The minimum absolute atomic E-state index is 0.0323. The fraction of sp³-hybridized carbons (Fsp3) is 0.429. The lowest BCUT2D eigenvalue weighted by Crippen LogP contribution is -3.13. The minimum Gasteiger partial charge on any atom is -0.327 e. The van der Waals surface area contributed by atoms with Crippen LogP contribution in [0.2, 0.25) is 0 Å². The van der Waals surface area contributed by atoms with Crippen LogP contribution in [0.3, 0.4) is 0 Å². The Labute approximate surface area is 122 Å². The van der Waals surface area contributed by atoms with Gasteiger partial charge in [-0.1, -0.05) is 0 Å². The summed E-state index contributed by atoms with van der Waals surface area (Å²) in [5, 5.41) is 14.4. The summed E-state index contributed by atoms with van der Waals surface area (Å²) >= 11 is 0. The highest BCUT2D eigenvalue weighted by atomic mass is 16.6. The number of amides is 1. The van der Waals surface area contributed by atoms with Crippen LogP contribution in [0.4, 0.5) is 5.69 Å². The molecular weight excluding hydrogens is 272 g/mol. The van der Waals surface area contributed by atoms with Crippen LogP contribution in [0, 0.1) is 10.1 Å². The van der Waals surface area contributed by atoms with E-state index < -0.39 is 4.92 Å². The zero-order chi connectivity index (χ0) is 15.1. The maximum absolute atomic E-state index is 11.7. The van der Waals surface area contributed by atoms with Crippen molar-refractivity contribution in [3.8, 4) is 0 Å². The molecule has 0 aromatic heterocycles. The van der Waals surface area contributed by atoms with Crippen molar-refractivity contribution in [3.05, 3.63) is 39.9 Å². The number of non-ortho nitro benzene ring substituents is 1. The molecule has 21 heavy (non-hydrogen) atoms. The molecule has 112 valence electrons. The van der Waals surface area contributed by atoms with Gasteiger partial charge in [0, 0.05) is 12.1 Å². The van der Waals surface area contributed by atoms with E-state index in [0.717, 1.165) is 13.1 Å². The molecule has 0 spiro atoms. The predicted molar refractivity (Wildman–Crippen MR) is 78.2 cm³/mol. The summed E-state index contributed by atoms with van der Waals surface area (Å²) in [5.74, 6) is -0.106. The Morgan fingerprint density at radius 2 is 1.95 bits per heavy atom. The molecule has 7 heteroatoms. The first kappa shape index (κ1) is 15.1. The van der Waals surface area contributed by atoms with Crippen molar-refractivity contribution in [1.29, 1.82) is 0 Å². The summed E-state index contributed by atoms with van der Waals surface area (Å²) < 4.78 is 0. The number of carbonyl (C=O) groups excluding carboxylic acids is 1. The van der Waals surface area contributed by atoms with Gasteiger partial charge in [0.25, 0.3) is 11.6 Å². The van der Waals surface area contributed by atoms with E-state index in [9.17, 15) is 14.9 Å².